The number of hydrogen-bond donors (Lipinski definition) is 6. The monoisotopic (exact) mass is 1890 g/mol. The third-order valence-electron chi connectivity index (χ3n) is 15.4. The molecule has 9 N–H and O–H groups in total. The van der Waals surface area contributed by atoms with Gasteiger partial charge in [0.15, 0.2) is 17.3 Å². The maximum atomic E-state index is 13.3. The van der Waals surface area contributed by atoms with Crippen LogP contribution in [0, 0.1) is 29.1 Å². The Bertz CT molecular complexity index is 4570. The van der Waals surface area contributed by atoms with Crippen molar-refractivity contribution in [3.63, 3.8) is 0 Å². The van der Waals surface area contributed by atoms with Crippen LogP contribution >= 0.6 is 73.9 Å². The van der Waals surface area contributed by atoms with Crippen molar-refractivity contribution in [2.24, 2.45) is 15.7 Å². The van der Waals surface area contributed by atoms with Gasteiger partial charge in [-0.15, -0.1) is 0 Å². The highest BCUT2D eigenvalue weighted by atomic mass is 79.9. The van der Waals surface area contributed by atoms with E-state index in [-0.39, 0.29) is 97.1 Å². The van der Waals surface area contributed by atoms with Crippen molar-refractivity contribution in [2.75, 3.05) is 33.0 Å². The van der Waals surface area contributed by atoms with Gasteiger partial charge in [-0.3, -0.25) is 34.0 Å². The average molecular weight is 1890 g/mol. The summed E-state index contributed by atoms with van der Waals surface area (Å²) in [6.45, 7) is 24.0. The van der Waals surface area contributed by atoms with Gasteiger partial charge < -0.3 is 51.4 Å². The van der Waals surface area contributed by atoms with Crippen LogP contribution < -0.4 is 16.4 Å². The minimum atomic E-state index is -0.775. The van der Waals surface area contributed by atoms with E-state index in [1.807, 2.05) is 121 Å². The number of nitrogens with one attached hydrogen (secondary N) is 2. The maximum absolute atomic E-state index is 13.3. The van der Waals surface area contributed by atoms with Gasteiger partial charge in [-0.2, -0.15) is 0 Å². The van der Waals surface area contributed by atoms with Gasteiger partial charge in [0.2, 0.25) is 0 Å². The molecular formula is C94H114BrCl5F5N5O14. The highest BCUT2D eigenvalue weighted by Gasteiger charge is 2.26. The molecule has 0 saturated heterocycles. The van der Waals surface area contributed by atoms with Crippen molar-refractivity contribution in [1.82, 2.24) is 10.6 Å². The number of nitrogens with zero attached hydrogens (tertiary/aromatic N) is 2. The minimum absolute atomic E-state index is 0. The zero-order valence-corrected chi connectivity index (χ0v) is 76.5. The first-order chi connectivity index (χ1) is 57.5. The van der Waals surface area contributed by atoms with E-state index in [1.165, 1.54) is 100 Å². The molecule has 0 fully saturated rings. The predicted octanol–water partition coefficient (Wildman–Crippen LogP) is 20.7. The molecule has 9 rings (SSSR count). The van der Waals surface area contributed by atoms with Gasteiger partial charge in [0.25, 0.3) is 0 Å². The smallest absolute Gasteiger partial charge is 0.408 e. The fraction of sp³-hybridized carbons (Fsp3) is 0.330. The van der Waals surface area contributed by atoms with Crippen molar-refractivity contribution in [2.45, 2.75) is 171 Å². The molecular weight excluding hydrogens is 1780 g/mol. The largest absolute Gasteiger partial charge is 0.465 e. The van der Waals surface area contributed by atoms with Crippen molar-refractivity contribution >= 4 is 127 Å². The summed E-state index contributed by atoms with van der Waals surface area (Å²) < 4.78 is 79.5. The molecule has 0 spiro atoms. The van der Waals surface area contributed by atoms with Crippen molar-refractivity contribution in [3.05, 3.63) is 317 Å². The van der Waals surface area contributed by atoms with E-state index >= 15 is 0 Å². The topological polar surface area (TPSA) is 314 Å². The van der Waals surface area contributed by atoms with Crippen LogP contribution in [0.25, 0.3) is 0 Å². The highest BCUT2D eigenvalue weighted by molar-refractivity contribution is 9.08. The van der Waals surface area contributed by atoms with Gasteiger partial charge in [-0.05, 0) is 192 Å². The molecule has 0 radical (unpaired) electrons. The van der Waals surface area contributed by atoms with Crippen LogP contribution in [0.3, 0.4) is 0 Å². The number of carbonyl (C=O) groups is 7. The third kappa shape index (κ3) is 49.8. The van der Waals surface area contributed by atoms with E-state index in [1.54, 1.807) is 87.4 Å². The van der Waals surface area contributed by atoms with Gasteiger partial charge >= 0.3 is 18.2 Å². The molecule has 0 aliphatic carbocycles. The van der Waals surface area contributed by atoms with Crippen LogP contribution in [-0.2, 0) is 69.2 Å². The zero-order valence-electron chi connectivity index (χ0n) is 71.1. The molecule has 4 unspecified atom stereocenters. The normalized spacial score (nSPS) is 11.1. The second-order valence-corrected chi connectivity index (χ2v) is 30.5. The number of halogens is 11. The van der Waals surface area contributed by atoms with Crippen LogP contribution in [0.1, 0.15) is 154 Å². The molecule has 19 nitrogen and oxygen atoms in total. The van der Waals surface area contributed by atoms with Crippen LogP contribution in [0.15, 0.2) is 222 Å². The fourth-order valence-corrected chi connectivity index (χ4v) is 11.6. The number of nitrogens with two attached hydrogens (primary N) is 1. The molecule has 0 bridgehead atoms. The summed E-state index contributed by atoms with van der Waals surface area (Å²) in [4.78, 5) is 90.6. The summed E-state index contributed by atoms with van der Waals surface area (Å²) >= 11 is 32.7. The molecule has 2 amide bonds. The highest BCUT2D eigenvalue weighted by Crippen LogP contribution is 2.26. The molecule has 0 aromatic heterocycles. The molecule has 0 heterocycles. The molecule has 0 saturated carbocycles. The van der Waals surface area contributed by atoms with Gasteiger partial charge in [-0.1, -0.05) is 233 Å². The second kappa shape index (κ2) is 63.3. The summed E-state index contributed by atoms with van der Waals surface area (Å²) in [5.41, 5.74) is 13.1. The lowest BCUT2D eigenvalue weighted by molar-refractivity contribution is -0.141. The number of hydrogen-bond acceptors (Lipinski definition) is 16. The Morgan fingerprint density at radius 3 is 0.927 bits per heavy atom. The Labute approximate surface area is 758 Å². The average Bonchev–Trinajstić information content (AvgIpc) is 0.825. The number of alkyl halides is 1. The molecule has 4 atom stereocenters. The first kappa shape index (κ1) is 116. The number of aliphatic hydroxyl groups excluding tert-OH is 3. The molecule has 9 aromatic carbocycles. The standard InChI is InChI=1S/C23H19ClFNO.C17H17NO2.2C15H19ClFNO3.C10H11ClFNO.C7H5BrClF.3C2H6O.CH4.H2O/c1-16(27)22(14-19-12-13-20(25)15-21(19)24)26-23(17-8-4-2-5-9-17)18-10-6-3-7-11-18;1-2-20-16(19)13-18-17(14-9-5-3-6-10-14)15-11-7-4-8-12-15;2*1-9(19)13(18-14(20)21-15(2,3)4)7-10-5-6-11(17)8-12(10)16;1-6(14)10(13)4-7-2-3-8(12)5-9(7)11;8-4-5-1-2-6(10)3-7(5)9;3*1-2-3;;/h2-13,15,22H,14H2,1H3;3-12H,2,13H2,1H3;2*5-6,8,13H,7H2,1-4H3,(H,18,20);2-3,5,10H,4,13H2,1H3;1-3H,4H2;3*3H,2H2,1H3;1H4;1H2. The number of benzene rings is 9. The SMILES string of the molecule is C.CC(=O)C(Cc1ccc(F)cc1Cl)N=C(c1ccccc1)c1ccccc1.CC(=O)C(Cc1ccc(F)cc1Cl)NC(=O)OC(C)(C)C.CC(=O)C(Cc1ccc(F)cc1Cl)NC(=O)OC(C)(C)C.CC(=O)C(N)Cc1ccc(F)cc1Cl.CCO.CCO.CCO.CCOC(=O)CN=C(c1ccccc1)c1ccccc1.Fc1ccc(CBr)c(Cl)c1.O. The van der Waals surface area contributed by atoms with Gasteiger partial charge in [0.05, 0.1) is 36.2 Å². The van der Waals surface area contributed by atoms with Gasteiger partial charge in [-0.25, -0.2) is 31.5 Å². The number of aliphatic hydroxyl groups is 3. The lowest BCUT2D eigenvalue weighted by atomic mass is 9.99. The second-order valence-electron chi connectivity index (χ2n) is 28.0. The molecule has 0 aliphatic heterocycles. The van der Waals surface area contributed by atoms with E-state index in [0.29, 0.717) is 62.1 Å². The Balaban J connectivity index is 0. The number of rotatable bonds is 23. The summed E-state index contributed by atoms with van der Waals surface area (Å²) in [6, 6.07) is 56.9. The van der Waals surface area contributed by atoms with Gasteiger partial charge in [0.1, 0.15) is 58.7 Å². The fourth-order valence-electron chi connectivity index (χ4n) is 9.74. The number of amides is 2. The molecule has 676 valence electrons. The zero-order chi connectivity index (χ0) is 92.2. The van der Waals surface area contributed by atoms with Crippen molar-refractivity contribution < 1.29 is 90.5 Å². The van der Waals surface area contributed by atoms with Crippen molar-refractivity contribution in [3.8, 4) is 0 Å². The lowest BCUT2D eigenvalue weighted by Crippen LogP contribution is -2.44. The molecule has 0 aliphatic rings. The number of carbonyl (C=O) groups excluding carboxylic acids is 7. The first-order valence-electron chi connectivity index (χ1n) is 38.3. The quantitative estimate of drug-likeness (QED) is 0.0114. The first-order valence-corrected chi connectivity index (χ1v) is 41.4. The number of ether oxygens (including phenoxy) is 3. The Kier molecular flexibility index (Phi) is 59.5. The van der Waals surface area contributed by atoms with E-state index in [0.717, 1.165) is 39.2 Å². The minimum Gasteiger partial charge on any atom is -0.465 e. The van der Waals surface area contributed by atoms with E-state index in [4.69, 9.17) is 98.3 Å². The lowest BCUT2D eigenvalue weighted by Gasteiger charge is -2.22. The Morgan fingerprint density at radius 1 is 0.419 bits per heavy atom. The summed E-state index contributed by atoms with van der Waals surface area (Å²) in [5.74, 6) is -2.96. The summed E-state index contributed by atoms with van der Waals surface area (Å²) in [6.07, 6.45) is -0.352. The number of esters is 1. The molecule has 124 heavy (non-hydrogen) atoms. The molecule has 30 heteroatoms. The van der Waals surface area contributed by atoms with E-state index in [9.17, 15) is 55.5 Å². The summed E-state index contributed by atoms with van der Waals surface area (Å²) in [5, 5.41) is 29.9. The Morgan fingerprint density at radius 2 is 0.685 bits per heavy atom. The number of ketones is 4. The number of alkyl carbamates (subject to hydrolysis) is 2. The summed E-state index contributed by atoms with van der Waals surface area (Å²) in [7, 11) is 0. The third-order valence-corrected chi connectivity index (χ3v) is 17.8. The predicted molar refractivity (Wildman–Crippen MR) is 492 cm³/mol. The van der Waals surface area contributed by atoms with Crippen LogP contribution in [0.5, 0.6) is 0 Å². The maximum Gasteiger partial charge on any atom is 0.408 e. The van der Waals surface area contributed by atoms with Crippen LogP contribution in [0.4, 0.5) is 31.5 Å². The van der Waals surface area contributed by atoms with E-state index < -0.39 is 70.8 Å². The van der Waals surface area contributed by atoms with E-state index in [2.05, 4.69) is 31.6 Å². The van der Waals surface area contributed by atoms with Crippen LogP contribution in [-0.4, -0.2) is 142 Å². The van der Waals surface area contributed by atoms with Crippen LogP contribution in [0.2, 0.25) is 25.1 Å². The number of aliphatic imine (C=N–C) groups is 2. The Hall–Kier alpha value is -9.61. The van der Waals surface area contributed by atoms with Gasteiger partial charge in [0, 0.05) is 91.8 Å². The van der Waals surface area contributed by atoms with Crippen molar-refractivity contribution in [1.29, 1.82) is 0 Å². The number of Topliss-reactive ketones (excluding diaryl/α,β-unsaturated/α-hetero) is 4. The molecule has 9 aromatic rings.